The first-order valence-corrected chi connectivity index (χ1v) is 10.8. The molecule has 0 fully saturated rings. The van der Waals surface area contributed by atoms with Gasteiger partial charge >= 0.3 is 0 Å². The van der Waals surface area contributed by atoms with E-state index in [0.717, 1.165) is 23.0 Å². The summed E-state index contributed by atoms with van der Waals surface area (Å²) in [4.78, 5) is 12.0. The van der Waals surface area contributed by atoms with E-state index < -0.39 is 0 Å². The molecule has 4 nitrogen and oxygen atoms in total. The third kappa shape index (κ3) is 4.00. The van der Waals surface area contributed by atoms with E-state index in [-0.39, 0.29) is 17.0 Å². The summed E-state index contributed by atoms with van der Waals surface area (Å²) in [5.74, 6) is 1.67. The van der Waals surface area contributed by atoms with Crippen molar-refractivity contribution in [2.24, 2.45) is 9.98 Å². The third-order valence-corrected chi connectivity index (χ3v) is 5.74. The number of nitrogens with zero attached hydrogens (tertiary/aromatic N) is 3. The fourth-order valence-corrected chi connectivity index (χ4v) is 4.11. The van der Waals surface area contributed by atoms with Gasteiger partial charge in [0.1, 0.15) is 0 Å². The fraction of sp³-hybridized carbons (Fsp3) is 0.462. The number of benzene rings is 2. The molecule has 1 heterocycles. The Bertz CT molecular complexity index is 990. The van der Waals surface area contributed by atoms with E-state index in [9.17, 15) is 0 Å². The van der Waals surface area contributed by atoms with Gasteiger partial charge in [0, 0.05) is 30.0 Å². The Morgan fingerprint density at radius 1 is 1.03 bits per heavy atom. The van der Waals surface area contributed by atoms with E-state index in [1.54, 1.807) is 0 Å². The quantitative estimate of drug-likeness (QED) is 0.638. The van der Waals surface area contributed by atoms with E-state index in [2.05, 4.69) is 108 Å². The van der Waals surface area contributed by atoms with Crippen molar-refractivity contribution < 1.29 is 0 Å². The van der Waals surface area contributed by atoms with E-state index in [1.807, 2.05) is 7.05 Å². The van der Waals surface area contributed by atoms with Gasteiger partial charge in [-0.05, 0) is 63.3 Å². The SMILES string of the molecule is C/N=C1\C(=N/C(C)C)Nc2cc(C(C)(C)C)ccc2C(C)(C)N1c1ccccc1C. The maximum atomic E-state index is 4.94. The zero-order valence-electron chi connectivity index (χ0n) is 20.0. The molecule has 160 valence electrons. The molecule has 0 aromatic heterocycles. The van der Waals surface area contributed by atoms with Crippen molar-refractivity contribution in [1.82, 2.24) is 0 Å². The predicted octanol–water partition coefficient (Wildman–Crippen LogP) is 6.29. The van der Waals surface area contributed by atoms with E-state index >= 15 is 0 Å². The summed E-state index contributed by atoms with van der Waals surface area (Å²) >= 11 is 0. The first kappa shape index (κ1) is 22.1. The van der Waals surface area contributed by atoms with Crippen molar-refractivity contribution in [1.29, 1.82) is 0 Å². The number of hydrogen-bond donors (Lipinski definition) is 1. The molecule has 0 unspecified atom stereocenters. The molecule has 0 atom stereocenters. The zero-order valence-corrected chi connectivity index (χ0v) is 20.0. The van der Waals surface area contributed by atoms with Crippen LogP contribution in [0.5, 0.6) is 0 Å². The molecule has 0 radical (unpaired) electrons. The number of hydrogen-bond acceptors (Lipinski definition) is 2. The van der Waals surface area contributed by atoms with Crippen LogP contribution in [0.1, 0.15) is 65.2 Å². The minimum Gasteiger partial charge on any atom is -0.337 e. The highest BCUT2D eigenvalue weighted by atomic mass is 15.3. The van der Waals surface area contributed by atoms with Crippen molar-refractivity contribution in [3.05, 3.63) is 59.2 Å². The van der Waals surface area contributed by atoms with Crippen LogP contribution in [0, 0.1) is 6.92 Å². The summed E-state index contributed by atoms with van der Waals surface area (Å²) in [5, 5.41) is 3.66. The standard InChI is InChI=1S/C26H36N4/c1-17(2)28-23-24(27-9)30(22-13-11-10-12-18(22)3)26(7,8)20-15-14-19(25(4,5)6)16-21(20)29-23/h10-17H,1-9H3,(H,28,29)/b27-24+. The molecule has 1 aliphatic rings. The Morgan fingerprint density at radius 3 is 2.27 bits per heavy atom. The first-order chi connectivity index (χ1) is 14.0. The molecule has 3 rings (SSSR count). The van der Waals surface area contributed by atoms with Crippen molar-refractivity contribution in [3.63, 3.8) is 0 Å². The smallest absolute Gasteiger partial charge is 0.172 e. The summed E-state index contributed by atoms with van der Waals surface area (Å²) in [6.45, 7) is 17.6. The van der Waals surface area contributed by atoms with Crippen LogP contribution >= 0.6 is 0 Å². The molecule has 4 heteroatoms. The molecule has 0 saturated heterocycles. The molecule has 0 spiro atoms. The summed E-state index contributed by atoms with van der Waals surface area (Å²) in [7, 11) is 1.85. The van der Waals surface area contributed by atoms with Gasteiger partial charge in [0.25, 0.3) is 0 Å². The second kappa shape index (κ2) is 7.90. The number of nitrogens with one attached hydrogen (secondary N) is 1. The lowest BCUT2D eigenvalue weighted by Crippen LogP contribution is -2.48. The van der Waals surface area contributed by atoms with Gasteiger partial charge in [-0.15, -0.1) is 0 Å². The molecule has 0 saturated carbocycles. The van der Waals surface area contributed by atoms with E-state index in [0.29, 0.717) is 0 Å². The van der Waals surface area contributed by atoms with E-state index in [1.165, 1.54) is 16.7 Å². The summed E-state index contributed by atoms with van der Waals surface area (Å²) in [6, 6.07) is 15.4. The molecule has 0 aliphatic carbocycles. The summed E-state index contributed by atoms with van der Waals surface area (Å²) in [6.07, 6.45) is 0. The topological polar surface area (TPSA) is 40.0 Å². The van der Waals surface area contributed by atoms with Gasteiger partial charge in [-0.25, -0.2) is 0 Å². The Balaban J connectivity index is 2.34. The number of para-hydroxylation sites is 1. The Hall–Kier alpha value is -2.62. The van der Waals surface area contributed by atoms with Crippen LogP contribution in [0.15, 0.2) is 52.4 Å². The lowest BCUT2D eigenvalue weighted by atomic mass is 9.83. The highest BCUT2D eigenvalue weighted by molar-refractivity contribution is 6.50. The monoisotopic (exact) mass is 404 g/mol. The molecule has 2 aromatic carbocycles. The summed E-state index contributed by atoms with van der Waals surface area (Å²) < 4.78 is 0. The second-order valence-corrected chi connectivity index (χ2v) is 9.93. The number of anilines is 2. The minimum atomic E-state index is -0.325. The van der Waals surface area contributed by atoms with Gasteiger partial charge in [-0.3, -0.25) is 9.98 Å². The first-order valence-electron chi connectivity index (χ1n) is 10.8. The Kier molecular flexibility index (Phi) is 5.81. The molecule has 30 heavy (non-hydrogen) atoms. The average molecular weight is 405 g/mol. The Morgan fingerprint density at radius 2 is 1.70 bits per heavy atom. The zero-order chi connectivity index (χ0) is 22.3. The van der Waals surface area contributed by atoms with Crippen LogP contribution in [-0.4, -0.2) is 24.8 Å². The lowest BCUT2D eigenvalue weighted by molar-refractivity contribution is 0.548. The minimum absolute atomic E-state index is 0.0693. The molecular weight excluding hydrogens is 368 g/mol. The van der Waals surface area contributed by atoms with Gasteiger partial charge in [0.05, 0.1) is 5.54 Å². The number of rotatable bonds is 2. The Labute approximate surface area is 182 Å². The van der Waals surface area contributed by atoms with Crippen molar-refractivity contribution in [3.8, 4) is 0 Å². The predicted molar refractivity (Wildman–Crippen MR) is 131 cm³/mol. The van der Waals surface area contributed by atoms with Crippen LogP contribution in [0.3, 0.4) is 0 Å². The van der Waals surface area contributed by atoms with Gasteiger partial charge in [-0.1, -0.05) is 51.1 Å². The van der Waals surface area contributed by atoms with Crippen LogP contribution in [0.2, 0.25) is 0 Å². The van der Waals surface area contributed by atoms with Gasteiger partial charge < -0.3 is 10.2 Å². The number of fused-ring (bicyclic) bond motifs is 1. The highest BCUT2D eigenvalue weighted by Crippen LogP contribution is 2.42. The molecule has 1 aliphatic heterocycles. The maximum Gasteiger partial charge on any atom is 0.172 e. The van der Waals surface area contributed by atoms with Crippen LogP contribution < -0.4 is 10.2 Å². The van der Waals surface area contributed by atoms with Crippen LogP contribution in [0.25, 0.3) is 0 Å². The average Bonchev–Trinajstić information content (AvgIpc) is 2.73. The largest absolute Gasteiger partial charge is 0.337 e. The molecule has 0 amide bonds. The van der Waals surface area contributed by atoms with Crippen LogP contribution in [0.4, 0.5) is 11.4 Å². The number of aliphatic imine (C=N–C) groups is 2. The molecule has 2 aromatic rings. The van der Waals surface area contributed by atoms with Crippen molar-refractivity contribution in [2.45, 2.75) is 72.4 Å². The van der Waals surface area contributed by atoms with E-state index in [4.69, 9.17) is 9.98 Å². The fourth-order valence-electron chi connectivity index (χ4n) is 4.11. The highest BCUT2D eigenvalue weighted by Gasteiger charge is 2.40. The lowest BCUT2D eigenvalue weighted by Gasteiger charge is -2.40. The molecule has 1 N–H and O–H groups in total. The third-order valence-electron chi connectivity index (χ3n) is 5.74. The van der Waals surface area contributed by atoms with Gasteiger partial charge in [0.15, 0.2) is 11.7 Å². The van der Waals surface area contributed by atoms with Gasteiger partial charge in [-0.2, -0.15) is 0 Å². The number of aryl methyl sites for hydroxylation is 1. The van der Waals surface area contributed by atoms with Gasteiger partial charge in [0.2, 0.25) is 0 Å². The maximum absolute atomic E-state index is 4.94. The van der Waals surface area contributed by atoms with Crippen LogP contribution in [-0.2, 0) is 11.0 Å². The normalized spacial score (nSPS) is 19.1. The summed E-state index contributed by atoms with van der Waals surface area (Å²) in [5.41, 5.74) is 5.73. The van der Waals surface area contributed by atoms with Crippen molar-refractivity contribution >= 4 is 23.0 Å². The molecule has 0 bridgehead atoms. The number of amidine groups is 2. The second-order valence-electron chi connectivity index (χ2n) is 9.93. The van der Waals surface area contributed by atoms with Crippen molar-refractivity contribution in [2.75, 3.05) is 17.3 Å². The molecular formula is C26H36N4.